The first-order valence-corrected chi connectivity index (χ1v) is 12.3. The van der Waals surface area contributed by atoms with Crippen molar-refractivity contribution in [2.75, 3.05) is 17.3 Å². The van der Waals surface area contributed by atoms with Crippen LogP contribution in [-0.4, -0.2) is 18.8 Å². The first-order chi connectivity index (χ1) is 18.1. The molecule has 1 aromatic heterocycles. The van der Waals surface area contributed by atoms with Crippen LogP contribution in [0.25, 0.3) is 0 Å². The molecule has 0 saturated carbocycles. The van der Waals surface area contributed by atoms with Gasteiger partial charge in [0, 0.05) is 29.2 Å². The quantitative estimate of drug-likeness (QED) is 0.353. The van der Waals surface area contributed by atoms with Crippen molar-refractivity contribution in [2.45, 2.75) is 24.8 Å². The lowest BCUT2D eigenvalue weighted by Crippen LogP contribution is -2.38. The molecule has 6 heteroatoms. The van der Waals surface area contributed by atoms with Gasteiger partial charge in [-0.05, 0) is 60.5 Å². The first-order valence-electron chi connectivity index (χ1n) is 12.3. The summed E-state index contributed by atoms with van der Waals surface area (Å²) in [6.45, 7) is 0. The van der Waals surface area contributed by atoms with E-state index in [1.807, 2.05) is 66.7 Å². The maximum atomic E-state index is 14.2. The first kappa shape index (κ1) is 22.9. The lowest BCUT2D eigenvalue weighted by atomic mass is 9.80. The fraction of sp³-hybridized carbons (Fsp3) is 0.161. The number of carbonyl (C=O) groups is 2. The number of methoxy groups -OCH3 is 1. The summed E-state index contributed by atoms with van der Waals surface area (Å²) in [6, 6.07) is 27.7. The van der Waals surface area contributed by atoms with E-state index in [0.717, 1.165) is 22.7 Å². The van der Waals surface area contributed by atoms with Crippen LogP contribution in [0.15, 0.2) is 113 Å². The molecule has 1 aliphatic carbocycles. The number of ether oxygens (including phenoxy) is 1. The zero-order valence-electron chi connectivity index (χ0n) is 20.4. The zero-order valence-corrected chi connectivity index (χ0v) is 20.4. The van der Waals surface area contributed by atoms with Crippen molar-refractivity contribution < 1.29 is 18.7 Å². The van der Waals surface area contributed by atoms with E-state index in [-0.39, 0.29) is 17.6 Å². The van der Waals surface area contributed by atoms with E-state index in [1.165, 1.54) is 0 Å². The summed E-state index contributed by atoms with van der Waals surface area (Å²) in [5.41, 5.74) is 4.32. The molecule has 0 saturated heterocycles. The summed E-state index contributed by atoms with van der Waals surface area (Å²) < 4.78 is 11.0. The van der Waals surface area contributed by atoms with Crippen LogP contribution in [0.2, 0.25) is 0 Å². The lowest BCUT2D eigenvalue weighted by Gasteiger charge is -2.35. The van der Waals surface area contributed by atoms with Gasteiger partial charge in [0.15, 0.2) is 5.78 Å². The summed E-state index contributed by atoms with van der Waals surface area (Å²) >= 11 is 0. The minimum Gasteiger partial charge on any atom is -0.497 e. The van der Waals surface area contributed by atoms with Crippen molar-refractivity contribution in [3.05, 3.63) is 125 Å². The number of hydrogen-bond donors (Lipinski definition) is 1. The molecule has 4 aromatic rings. The number of Topliss-reactive ketones (excluding diaryl/α,β-unsaturated/α-hetero) is 1. The molecule has 2 atom stereocenters. The van der Waals surface area contributed by atoms with Gasteiger partial charge in [0.1, 0.15) is 11.5 Å². The third kappa shape index (κ3) is 4.10. The van der Waals surface area contributed by atoms with E-state index in [4.69, 9.17) is 9.15 Å². The Morgan fingerprint density at radius 3 is 2.41 bits per heavy atom. The smallest absolute Gasteiger partial charge is 0.259 e. The largest absolute Gasteiger partial charge is 0.497 e. The molecule has 2 aliphatic rings. The molecular formula is C31H26N2O4. The molecule has 0 fully saturated rings. The highest BCUT2D eigenvalue weighted by molar-refractivity contribution is 6.12. The standard InChI is InChI=1S/C31H26N2O4/c1-36-23-15-13-21(14-16-23)31(35)33-26-11-6-5-10-24(26)32-25-18-22(28-12-7-17-37-28)19-27(34)29(25)30(33)20-8-3-2-4-9-20/h2-17,22,30,32H,18-19H2,1H3/t22-,30-/m1/s1. The Balaban J connectivity index is 1.55. The third-order valence-corrected chi connectivity index (χ3v) is 7.11. The van der Waals surface area contributed by atoms with E-state index >= 15 is 0 Å². The number of para-hydroxylation sites is 2. The van der Waals surface area contributed by atoms with E-state index in [2.05, 4.69) is 5.32 Å². The Kier molecular flexibility index (Phi) is 5.85. The van der Waals surface area contributed by atoms with Gasteiger partial charge in [0.25, 0.3) is 5.91 Å². The van der Waals surface area contributed by atoms with Crippen LogP contribution in [0.4, 0.5) is 11.4 Å². The van der Waals surface area contributed by atoms with Gasteiger partial charge in [-0.3, -0.25) is 14.5 Å². The molecule has 1 aliphatic heterocycles. The topological polar surface area (TPSA) is 71.8 Å². The lowest BCUT2D eigenvalue weighted by molar-refractivity contribution is -0.116. The minimum absolute atomic E-state index is 0.00402. The predicted molar refractivity (Wildman–Crippen MR) is 142 cm³/mol. The second-order valence-electron chi connectivity index (χ2n) is 9.30. The highest BCUT2D eigenvalue weighted by Gasteiger charge is 2.42. The molecule has 6 rings (SSSR count). The number of nitrogens with one attached hydrogen (secondary N) is 1. The number of furan rings is 1. The van der Waals surface area contributed by atoms with Crippen molar-refractivity contribution in [1.29, 1.82) is 0 Å². The van der Waals surface area contributed by atoms with Crippen molar-refractivity contribution in [3.8, 4) is 5.75 Å². The Morgan fingerprint density at radius 1 is 0.919 bits per heavy atom. The monoisotopic (exact) mass is 490 g/mol. The summed E-state index contributed by atoms with van der Waals surface area (Å²) in [4.78, 5) is 29.9. The number of ketones is 1. The Morgan fingerprint density at radius 2 is 1.68 bits per heavy atom. The number of carbonyl (C=O) groups excluding carboxylic acids is 2. The average molecular weight is 491 g/mol. The Hall–Kier alpha value is -4.58. The molecule has 1 amide bonds. The van der Waals surface area contributed by atoms with Crippen LogP contribution in [-0.2, 0) is 4.79 Å². The van der Waals surface area contributed by atoms with Crippen LogP contribution >= 0.6 is 0 Å². The molecule has 1 N–H and O–H groups in total. The summed E-state index contributed by atoms with van der Waals surface area (Å²) in [5.74, 6) is 1.21. The molecule has 2 heterocycles. The van der Waals surface area contributed by atoms with Gasteiger partial charge in [0.2, 0.25) is 0 Å². The van der Waals surface area contributed by atoms with Gasteiger partial charge in [-0.1, -0.05) is 42.5 Å². The number of benzene rings is 3. The van der Waals surface area contributed by atoms with E-state index in [1.54, 1.807) is 42.5 Å². The molecule has 0 radical (unpaired) electrons. The van der Waals surface area contributed by atoms with Crippen LogP contribution in [0.5, 0.6) is 5.75 Å². The van der Waals surface area contributed by atoms with Gasteiger partial charge < -0.3 is 14.5 Å². The Bertz CT molecular complexity index is 1470. The van der Waals surface area contributed by atoms with Gasteiger partial charge in [0.05, 0.1) is 30.8 Å². The van der Waals surface area contributed by atoms with E-state index < -0.39 is 6.04 Å². The van der Waals surface area contributed by atoms with Gasteiger partial charge >= 0.3 is 0 Å². The Labute approximate surface area is 215 Å². The third-order valence-electron chi connectivity index (χ3n) is 7.11. The van der Waals surface area contributed by atoms with Crippen LogP contribution in [0, 0.1) is 0 Å². The number of anilines is 2. The van der Waals surface area contributed by atoms with Crippen LogP contribution in [0.1, 0.15) is 46.5 Å². The normalized spacial score (nSPS) is 18.9. The average Bonchev–Trinajstić information content (AvgIpc) is 3.43. The summed E-state index contributed by atoms with van der Waals surface area (Å²) in [6.07, 6.45) is 2.57. The number of hydrogen-bond acceptors (Lipinski definition) is 5. The highest BCUT2D eigenvalue weighted by atomic mass is 16.5. The highest BCUT2D eigenvalue weighted by Crippen LogP contribution is 2.47. The fourth-order valence-electron chi connectivity index (χ4n) is 5.36. The molecule has 184 valence electrons. The van der Waals surface area contributed by atoms with Crippen molar-refractivity contribution in [1.82, 2.24) is 0 Å². The number of nitrogens with zero attached hydrogens (tertiary/aromatic N) is 1. The minimum atomic E-state index is -0.591. The number of fused-ring (bicyclic) bond motifs is 1. The SMILES string of the molecule is COc1ccc(C(=O)N2c3ccccc3NC3=C(C(=O)C[C@H](c4ccco4)C3)[C@H]2c2ccccc2)cc1. The van der Waals surface area contributed by atoms with E-state index in [0.29, 0.717) is 35.4 Å². The van der Waals surface area contributed by atoms with Gasteiger partial charge in [-0.15, -0.1) is 0 Å². The predicted octanol–water partition coefficient (Wildman–Crippen LogP) is 6.50. The van der Waals surface area contributed by atoms with Crippen LogP contribution < -0.4 is 15.0 Å². The van der Waals surface area contributed by atoms with Crippen molar-refractivity contribution in [3.63, 3.8) is 0 Å². The maximum absolute atomic E-state index is 14.2. The fourth-order valence-corrected chi connectivity index (χ4v) is 5.36. The van der Waals surface area contributed by atoms with Crippen LogP contribution in [0.3, 0.4) is 0 Å². The van der Waals surface area contributed by atoms with Crippen molar-refractivity contribution in [2.24, 2.45) is 0 Å². The van der Waals surface area contributed by atoms with E-state index in [9.17, 15) is 9.59 Å². The number of rotatable bonds is 4. The number of amides is 1. The molecule has 0 spiro atoms. The molecular weight excluding hydrogens is 464 g/mol. The summed E-state index contributed by atoms with van der Waals surface area (Å²) in [5, 5.41) is 3.54. The zero-order chi connectivity index (χ0) is 25.4. The molecule has 3 aromatic carbocycles. The summed E-state index contributed by atoms with van der Waals surface area (Å²) in [7, 11) is 1.59. The van der Waals surface area contributed by atoms with Gasteiger partial charge in [-0.25, -0.2) is 0 Å². The molecule has 37 heavy (non-hydrogen) atoms. The second-order valence-corrected chi connectivity index (χ2v) is 9.30. The van der Waals surface area contributed by atoms with Gasteiger partial charge in [-0.2, -0.15) is 0 Å². The van der Waals surface area contributed by atoms with Crippen molar-refractivity contribution >= 4 is 23.1 Å². The second kappa shape index (κ2) is 9.47. The molecule has 0 bridgehead atoms. The maximum Gasteiger partial charge on any atom is 0.259 e. The molecule has 0 unspecified atom stereocenters. The molecule has 6 nitrogen and oxygen atoms in total. The number of allylic oxidation sites excluding steroid dienone is 1.